The predicted octanol–water partition coefficient (Wildman–Crippen LogP) is 4.82. The van der Waals surface area contributed by atoms with Gasteiger partial charge < -0.3 is 5.32 Å². The van der Waals surface area contributed by atoms with Crippen LogP contribution in [-0.2, 0) is 0 Å². The summed E-state index contributed by atoms with van der Waals surface area (Å²) in [4.78, 5) is 4.54. The number of nitrogens with one attached hydrogen (secondary N) is 1. The van der Waals surface area contributed by atoms with Gasteiger partial charge in [0.15, 0.2) is 0 Å². The normalized spacial score (nSPS) is 12.9. The summed E-state index contributed by atoms with van der Waals surface area (Å²) in [5.41, 5.74) is 3.58. The first-order valence-corrected chi connectivity index (χ1v) is 8.69. The van der Waals surface area contributed by atoms with Crippen molar-refractivity contribution in [3.63, 3.8) is 0 Å². The average molecular weight is 353 g/mol. The van der Waals surface area contributed by atoms with Crippen molar-refractivity contribution < 1.29 is 0 Å². The van der Waals surface area contributed by atoms with Gasteiger partial charge in [0.05, 0.1) is 16.3 Å². The minimum absolute atomic E-state index is 0.199. The number of hydrogen-bond acceptors (Lipinski definition) is 4. The Hall–Kier alpha value is -0.750. The number of thiophene rings is 2. The molecule has 0 fully saturated rings. The monoisotopic (exact) mass is 352 g/mol. The van der Waals surface area contributed by atoms with Crippen LogP contribution in [0.25, 0.3) is 10.2 Å². The van der Waals surface area contributed by atoms with E-state index in [9.17, 15) is 0 Å². The average Bonchev–Trinajstić information content (AvgIpc) is 3.03. The third-order valence-electron chi connectivity index (χ3n) is 3.02. The van der Waals surface area contributed by atoms with Gasteiger partial charge >= 0.3 is 0 Å². The molecule has 3 aromatic rings. The topological polar surface area (TPSA) is 24.9 Å². The van der Waals surface area contributed by atoms with Crippen molar-refractivity contribution in [3.8, 4) is 0 Å². The smallest absolute Gasteiger partial charge is 0.0809 e. The minimum atomic E-state index is 0.199. The van der Waals surface area contributed by atoms with Crippen LogP contribution in [-0.4, -0.2) is 11.5 Å². The zero-order chi connectivity index (χ0) is 13.2. The van der Waals surface area contributed by atoms with Crippen LogP contribution in [0, 0.1) is 0 Å². The fraction of sp³-hybridized carbons (Fsp3) is 0.214. The number of rotatable bonds is 4. The molecule has 0 saturated carbocycles. The van der Waals surface area contributed by atoms with Gasteiger partial charge in [0.2, 0.25) is 0 Å². The molecule has 0 aromatic carbocycles. The van der Waals surface area contributed by atoms with Gasteiger partial charge in [-0.05, 0) is 56.5 Å². The molecule has 0 saturated heterocycles. The molecule has 0 aliphatic rings. The molecule has 0 aliphatic carbocycles. The second-order valence-corrected chi connectivity index (χ2v) is 6.78. The maximum atomic E-state index is 4.54. The zero-order valence-corrected chi connectivity index (χ0v) is 13.6. The van der Waals surface area contributed by atoms with Gasteiger partial charge in [0, 0.05) is 16.0 Å². The number of pyridine rings is 1. The van der Waals surface area contributed by atoms with E-state index in [0.717, 1.165) is 16.5 Å². The van der Waals surface area contributed by atoms with Crippen molar-refractivity contribution in [1.82, 2.24) is 10.3 Å². The number of nitrogens with zero attached hydrogens (tertiary/aromatic N) is 1. The molecule has 0 aliphatic heterocycles. The van der Waals surface area contributed by atoms with Crippen LogP contribution in [0.15, 0.2) is 38.9 Å². The molecule has 0 amide bonds. The Kier molecular flexibility index (Phi) is 3.98. The van der Waals surface area contributed by atoms with Gasteiger partial charge in [0.1, 0.15) is 0 Å². The molecule has 0 radical (unpaired) electrons. The Morgan fingerprint density at radius 2 is 2.32 bits per heavy atom. The summed E-state index contributed by atoms with van der Waals surface area (Å²) in [5.74, 6) is 0. The van der Waals surface area contributed by atoms with E-state index in [2.05, 4.69) is 61.4 Å². The summed E-state index contributed by atoms with van der Waals surface area (Å²) < 4.78 is 2.40. The van der Waals surface area contributed by atoms with E-state index in [-0.39, 0.29) is 6.04 Å². The largest absolute Gasteiger partial charge is 0.306 e. The van der Waals surface area contributed by atoms with Crippen molar-refractivity contribution in [2.45, 2.75) is 13.0 Å². The lowest BCUT2D eigenvalue weighted by Crippen LogP contribution is -2.21. The van der Waals surface area contributed by atoms with Crippen molar-refractivity contribution in [2.75, 3.05) is 6.54 Å². The van der Waals surface area contributed by atoms with Crippen molar-refractivity contribution in [1.29, 1.82) is 0 Å². The van der Waals surface area contributed by atoms with Crippen LogP contribution in [0.5, 0.6) is 0 Å². The molecule has 3 rings (SSSR count). The highest BCUT2D eigenvalue weighted by molar-refractivity contribution is 9.10. The number of aromatic nitrogens is 1. The minimum Gasteiger partial charge on any atom is -0.306 e. The van der Waals surface area contributed by atoms with Gasteiger partial charge in [-0.25, -0.2) is 0 Å². The summed E-state index contributed by atoms with van der Waals surface area (Å²) in [6.45, 7) is 3.06. The number of hydrogen-bond donors (Lipinski definition) is 1. The Bertz CT molecular complexity index is 689. The highest BCUT2D eigenvalue weighted by atomic mass is 79.9. The van der Waals surface area contributed by atoms with Gasteiger partial charge in [-0.3, -0.25) is 4.98 Å². The lowest BCUT2D eigenvalue weighted by atomic mass is 10.0. The lowest BCUT2D eigenvalue weighted by Gasteiger charge is -2.18. The van der Waals surface area contributed by atoms with Crippen LogP contribution in [0.4, 0.5) is 0 Å². The van der Waals surface area contributed by atoms with E-state index in [1.54, 1.807) is 22.7 Å². The third-order valence-corrected chi connectivity index (χ3v) is 5.62. The Morgan fingerprint density at radius 3 is 3.05 bits per heavy atom. The van der Waals surface area contributed by atoms with Crippen LogP contribution in [0.2, 0.25) is 0 Å². The third kappa shape index (κ3) is 2.60. The molecule has 2 nitrogen and oxygen atoms in total. The van der Waals surface area contributed by atoms with Gasteiger partial charge in [-0.2, -0.15) is 11.3 Å². The SMILES string of the molecule is CCNC(c1cnc2ccsc2c1)c1cscc1Br. The highest BCUT2D eigenvalue weighted by Gasteiger charge is 2.17. The molecule has 1 unspecified atom stereocenters. The summed E-state index contributed by atoms with van der Waals surface area (Å²) in [6.07, 6.45) is 1.98. The summed E-state index contributed by atoms with van der Waals surface area (Å²) in [5, 5.41) is 9.94. The van der Waals surface area contributed by atoms with E-state index in [1.807, 2.05) is 6.20 Å². The van der Waals surface area contributed by atoms with Gasteiger partial charge in [0.25, 0.3) is 0 Å². The fourth-order valence-corrected chi connectivity index (χ4v) is 4.47. The lowest BCUT2D eigenvalue weighted by molar-refractivity contribution is 0.629. The van der Waals surface area contributed by atoms with Gasteiger partial charge in [-0.15, -0.1) is 11.3 Å². The number of fused-ring (bicyclic) bond motifs is 1. The summed E-state index contributed by atoms with van der Waals surface area (Å²) >= 11 is 7.08. The van der Waals surface area contributed by atoms with E-state index < -0.39 is 0 Å². The molecule has 0 spiro atoms. The first-order chi connectivity index (χ1) is 9.29. The van der Waals surface area contributed by atoms with E-state index in [0.29, 0.717) is 0 Å². The van der Waals surface area contributed by atoms with Crippen LogP contribution in [0.1, 0.15) is 24.1 Å². The first-order valence-electron chi connectivity index (χ1n) is 6.07. The Balaban J connectivity index is 2.06. The predicted molar refractivity (Wildman–Crippen MR) is 87.2 cm³/mol. The van der Waals surface area contributed by atoms with E-state index >= 15 is 0 Å². The van der Waals surface area contributed by atoms with Crippen molar-refractivity contribution in [2.24, 2.45) is 0 Å². The van der Waals surface area contributed by atoms with Gasteiger partial charge in [-0.1, -0.05) is 6.92 Å². The maximum Gasteiger partial charge on any atom is 0.0809 e. The molecule has 3 heterocycles. The fourth-order valence-electron chi connectivity index (χ4n) is 2.13. The molecule has 1 atom stereocenters. The first kappa shape index (κ1) is 13.2. The second-order valence-electron chi connectivity index (χ2n) is 4.24. The molecule has 19 heavy (non-hydrogen) atoms. The van der Waals surface area contributed by atoms with Crippen LogP contribution < -0.4 is 5.32 Å². The van der Waals surface area contributed by atoms with Crippen LogP contribution >= 0.6 is 38.6 Å². The van der Waals surface area contributed by atoms with Crippen LogP contribution in [0.3, 0.4) is 0 Å². The zero-order valence-electron chi connectivity index (χ0n) is 10.4. The summed E-state index contributed by atoms with van der Waals surface area (Å²) in [6, 6.07) is 4.50. The molecule has 5 heteroatoms. The number of halogens is 1. The standard InChI is InChI=1S/C14H13BrN2S2/c1-2-16-14(10-7-18-8-11(10)15)9-5-13-12(17-6-9)3-4-19-13/h3-8,14,16H,2H2,1H3. The second kappa shape index (κ2) is 5.71. The molecular weight excluding hydrogens is 340 g/mol. The highest BCUT2D eigenvalue weighted by Crippen LogP contribution is 2.33. The van der Waals surface area contributed by atoms with E-state index in [4.69, 9.17) is 0 Å². The summed E-state index contributed by atoms with van der Waals surface area (Å²) in [7, 11) is 0. The van der Waals surface area contributed by atoms with E-state index in [1.165, 1.54) is 15.8 Å². The Morgan fingerprint density at radius 1 is 1.42 bits per heavy atom. The molecule has 3 aromatic heterocycles. The van der Waals surface area contributed by atoms with Crippen molar-refractivity contribution in [3.05, 3.63) is 50.1 Å². The molecule has 98 valence electrons. The quantitative estimate of drug-likeness (QED) is 0.727. The Labute approximate surface area is 128 Å². The maximum absolute atomic E-state index is 4.54. The molecular formula is C14H13BrN2S2. The molecule has 0 bridgehead atoms. The molecule has 1 N–H and O–H groups in total. The van der Waals surface area contributed by atoms with Crippen molar-refractivity contribution >= 4 is 48.8 Å².